The zero-order valence-corrected chi connectivity index (χ0v) is 8.89. The monoisotopic (exact) mass is 266 g/mol. The van der Waals surface area contributed by atoms with Gasteiger partial charge in [0, 0.05) is 23.0 Å². The van der Waals surface area contributed by atoms with Crippen LogP contribution in [0.25, 0.3) is 0 Å². The summed E-state index contributed by atoms with van der Waals surface area (Å²) in [6, 6.07) is 0. The molecule has 0 aromatic heterocycles. The minimum atomic E-state index is -4.92. The number of hydrogen-bond donors (Lipinski definition) is 0. The third-order valence-corrected chi connectivity index (χ3v) is 3.92. The lowest BCUT2D eigenvalue weighted by molar-refractivity contribution is -0.133. The van der Waals surface area contributed by atoms with Crippen LogP contribution in [0.3, 0.4) is 0 Å². The molecule has 0 heterocycles. The molecule has 4 aliphatic carbocycles. The SMILES string of the molecule is FC(F)(F)C1=C(C(F)(F)F)[C@@H]2C=C[C@H]1[C@H]1C=C[C@H]12. The minimum Gasteiger partial charge on any atom is -0.166 e. The second-order valence-electron chi connectivity index (χ2n) is 4.80. The van der Waals surface area contributed by atoms with Gasteiger partial charge in [-0.15, -0.1) is 0 Å². The molecule has 0 radical (unpaired) electrons. The summed E-state index contributed by atoms with van der Waals surface area (Å²) in [7, 11) is 0. The maximum Gasteiger partial charge on any atom is 0.413 e. The van der Waals surface area contributed by atoms with Gasteiger partial charge < -0.3 is 0 Å². The lowest BCUT2D eigenvalue weighted by atomic mass is 9.55. The summed E-state index contributed by atoms with van der Waals surface area (Å²) < 4.78 is 77.3. The van der Waals surface area contributed by atoms with E-state index in [9.17, 15) is 26.3 Å². The molecule has 0 saturated heterocycles. The summed E-state index contributed by atoms with van der Waals surface area (Å²) in [5.41, 5.74) is -2.79. The van der Waals surface area contributed by atoms with E-state index in [1.807, 2.05) is 0 Å². The predicted molar refractivity (Wildman–Crippen MR) is 51.4 cm³/mol. The number of hydrogen-bond acceptors (Lipinski definition) is 0. The zero-order valence-electron chi connectivity index (χ0n) is 8.89. The Hall–Kier alpha value is -1.20. The lowest BCUT2D eigenvalue weighted by Crippen LogP contribution is -2.47. The van der Waals surface area contributed by atoms with Crippen LogP contribution in [0.4, 0.5) is 26.3 Å². The summed E-state index contributed by atoms with van der Waals surface area (Å²) in [4.78, 5) is 0. The van der Waals surface area contributed by atoms with Crippen LogP contribution in [0, 0.1) is 23.7 Å². The molecule has 4 rings (SSSR count). The van der Waals surface area contributed by atoms with Crippen molar-refractivity contribution in [1.29, 1.82) is 0 Å². The molecule has 0 unspecified atom stereocenters. The van der Waals surface area contributed by atoms with Crippen LogP contribution in [0.1, 0.15) is 0 Å². The van der Waals surface area contributed by atoms with Gasteiger partial charge in [0.15, 0.2) is 0 Å². The van der Waals surface area contributed by atoms with E-state index in [1.54, 1.807) is 12.2 Å². The Balaban J connectivity index is 2.18. The van der Waals surface area contributed by atoms with Crippen molar-refractivity contribution in [2.45, 2.75) is 12.4 Å². The second-order valence-corrected chi connectivity index (χ2v) is 4.80. The Kier molecular flexibility index (Phi) is 2.12. The van der Waals surface area contributed by atoms with E-state index < -0.39 is 47.2 Å². The molecule has 18 heavy (non-hydrogen) atoms. The highest BCUT2D eigenvalue weighted by Gasteiger charge is 2.59. The van der Waals surface area contributed by atoms with Crippen molar-refractivity contribution >= 4 is 0 Å². The largest absolute Gasteiger partial charge is 0.413 e. The number of allylic oxidation sites excluding steroid dienone is 6. The molecule has 0 saturated carbocycles. The maximum absolute atomic E-state index is 12.9. The van der Waals surface area contributed by atoms with Crippen LogP contribution in [0.5, 0.6) is 0 Å². The fourth-order valence-corrected chi connectivity index (χ4v) is 3.20. The van der Waals surface area contributed by atoms with Crippen LogP contribution in [0.15, 0.2) is 35.5 Å². The van der Waals surface area contributed by atoms with E-state index in [2.05, 4.69) is 0 Å². The molecule has 98 valence electrons. The lowest BCUT2D eigenvalue weighted by Gasteiger charge is -2.49. The highest BCUT2D eigenvalue weighted by Crippen LogP contribution is 2.59. The average molecular weight is 266 g/mol. The summed E-state index contributed by atoms with van der Waals surface area (Å²) in [6.07, 6.45) is -4.16. The van der Waals surface area contributed by atoms with Crippen LogP contribution in [-0.2, 0) is 0 Å². The summed E-state index contributed by atoms with van der Waals surface area (Å²) in [5, 5.41) is 0. The molecule has 0 nitrogen and oxygen atoms in total. The molecule has 0 aromatic carbocycles. The first-order chi connectivity index (χ1) is 8.21. The molecule has 2 bridgehead atoms. The first kappa shape index (κ1) is 11.9. The van der Waals surface area contributed by atoms with E-state index in [-0.39, 0.29) is 0 Å². The van der Waals surface area contributed by atoms with Gasteiger partial charge in [0.2, 0.25) is 0 Å². The molecule has 4 atom stereocenters. The molecular weight excluding hydrogens is 258 g/mol. The van der Waals surface area contributed by atoms with Crippen molar-refractivity contribution in [2.24, 2.45) is 23.7 Å². The highest BCUT2D eigenvalue weighted by molar-refractivity contribution is 5.46. The quantitative estimate of drug-likeness (QED) is 0.459. The molecule has 4 aliphatic rings. The average Bonchev–Trinajstić information content (AvgIpc) is 2.12. The van der Waals surface area contributed by atoms with Gasteiger partial charge in [-0.1, -0.05) is 24.3 Å². The van der Waals surface area contributed by atoms with Crippen molar-refractivity contribution < 1.29 is 26.3 Å². The maximum atomic E-state index is 12.9. The smallest absolute Gasteiger partial charge is 0.166 e. The van der Waals surface area contributed by atoms with Crippen LogP contribution in [-0.4, -0.2) is 12.4 Å². The van der Waals surface area contributed by atoms with Gasteiger partial charge in [-0.25, -0.2) is 0 Å². The van der Waals surface area contributed by atoms with E-state index in [1.165, 1.54) is 12.2 Å². The van der Waals surface area contributed by atoms with Crippen molar-refractivity contribution in [2.75, 3.05) is 0 Å². The van der Waals surface area contributed by atoms with E-state index in [4.69, 9.17) is 0 Å². The molecule has 0 fully saturated rings. The third kappa shape index (κ3) is 1.40. The molecule has 0 aliphatic heterocycles. The van der Waals surface area contributed by atoms with Gasteiger partial charge in [0.05, 0.1) is 0 Å². The molecular formula is C12H8F6. The first-order valence-electron chi connectivity index (χ1n) is 5.46. The normalized spacial score (nSPS) is 37.9. The zero-order chi connectivity index (χ0) is 13.3. The molecule has 0 spiro atoms. The van der Waals surface area contributed by atoms with Gasteiger partial charge in [-0.2, -0.15) is 26.3 Å². The number of halogens is 6. The van der Waals surface area contributed by atoms with Gasteiger partial charge >= 0.3 is 12.4 Å². The van der Waals surface area contributed by atoms with Gasteiger partial charge in [0.25, 0.3) is 0 Å². The Labute approximate surface area is 98.7 Å². The van der Waals surface area contributed by atoms with E-state index in [0.717, 1.165) is 0 Å². The highest BCUT2D eigenvalue weighted by atomic mass is 19.4. The minimum absolute atomic E-state index is 0.428. The molecule has 6 heteroatoms. The van der Waals surface area contributed by atoms with Crippen LogP contribution >= 0.6 is 0 Å². The Morgan fingerprint density at radius 1 is 0.611 bits per heavy atom. The van der Waals surface area contributed by atoms with Gasteiger partial charge in [0.1, 0.15) is 0 Å². The van der Waals surface area contributed by atoms with Crippen LogP contribution < -0.4 is 0 Å². The van der Waals surface area contributed by atoms with E-state index in [0.29, 0.717) is 0 Å². The van der Waals surface area contributed by atoms with Gasteiger partial charge in [-0.05, 0) is 11.8 Å². The third-order valence-electron chi connectivity index (χ3n) is 3.92. The molecule has 0 amide bonds. The fraction of sp³-hybridized carbons (Fsp3) is 0.500. The van der Waals surface area contributed by atoms with Gasteiger partial charge in [-0.3, -0.25) is 0 Å². The standard InChI is InChI=1S/C12H8F6/c13-11(14,15)9-7-3-4-8(6-2-1-5(6)7)10(9)12(16,17)18/h1-8H/t5-,6+,7-,8+. The van der Waals surface area contributed by atoms with Crippen molar-refractivity contribution in [3.8, 4) is 0 Å². The summed E-state index contributed by atoms with van der Waals surface area (Å²) >= 11 is 0. The topological polar surface area (TPSA) is 0 Å². The number of rotatable bonds is 0. The van der Waals surface area contributed by atoms with Crippen molar-refractivity contribution in [1.82, 2.24) is 0 Å². The summed E-state index contributed by atoms with van der Waals surface area (Å²) in [6.45, 7) is 0. The Morgan fingerprint density at radius 3 is 1.17 bits per heavy atom. The summed E-state index contributed by atoms with van der Waals surface area (Å²) in [5.74, 6) is -3.21. The second kappa shape index (κ2) is 3.22. The Bertz CT molecular complexity index is 434. The predicted octanol–water partition coefficient (Wildman–Crippen LogP) is 4.03. The Morgan fingerprint density at radius 2 is 0.944 bits per heavy atom. The van der Waals surface area contributed by atoms with Crippen molar-refractivity contribution in [3.63, 3.8) is 0 Å². The van der Waals surface area contributed by atoms with Crippen LogP contribution in [0.2, 0.25) is 0 Å². The van der Waals surface area contributed by atoms with E-state index >= 15 is 0 Å². The van der Waals surface area contributed by atoms with Crippen molar-refractivity contribution in [3.05, 3.63) is 35.5 Å². The molecule has 0 aromatic rings. The number of alkyl halides is 6. The fourth-order valence-electron chi connectivity index (χ4n) is 3.20. The first-order valence-corrected chi connectivity index (χ1v) is 5.46. The molecule has 0 N–H and O–H groups in total.